The summed E-state index contributed by atoms with van der Waals surface area (Å²) in [5.41, 5.74) is -0.300. The monoisotopic (exact) mass is 227 g/mol. The van der Waals surface area contributed by atoms with E-state index in [0.29, 0.717) is 0 Å². The fourth-order valence-electron chi connectivity index (χ4n) is 2.87. The second-order valence-electron chi connectivity index (χ2n) is 6.05. The molecule has 1 unspecified atom stereocenters. The maximum atomic E-state index is 11.4. The molecular formula is C12H21NO3. The van der Waals surface area contributed by atoms with Gasteiger partial charge in [-0.15, -0.1) is 0 Å². The first-order valence-electron chi connectivity index (χ1n) is 6.00. The Kier molecular flexibility index (Phi) is 2.65. The summed E-state index contributed by atoms with van der Waals surface area (Å²) >= 11 is 0. The van der Waals surface area contributed by atoms with Crippen LogP contribution in [0.3, 0.4) is 0 Å². The van der Waals surface area contributed by atoms with E-state index in [2.05, 4.69) is 0 Å². The second kappa shape index (κ2) is 3.62. The number of hydrogen-bond donors (Lipinski definition) is 1. The average molecular weight is 227 g/mol. The van der Waals surface area contributed by atoms with Crippen molar-refractivity contribution in [2.45, 2.75) is 63.6 Å². The molecule has 0 bridgehead atoms. The first kappa shape index (κ1) is 11.7. The predicted octanol–water partition coefficient (Wildman–Crippen LogP) is 2.48. The zero-order chi connectivity index (χ0) is 12.0. The van der Waals surface area contributed by atoms with Gasteiger partial charge in [-0.1, -0.05) is 0 Å². The molecule has 0 aromatic heterocycles. The van der Waals surface area contributed by atoms with E-state index in [0.717, 1.165) is 32.3 Å². The molecule has 1 aliphatic carbocycles. The Morgan fingerprint density at radius 1 is 1.50 bits per heavy atom. The van der Waals surface area contributed by atoms with Gasteiger partial charge in [0.1, 0.15) is 0 Å². The Morgan fingerprint density at radius 2 is 2.12 bits per heavy atom. The Labute approximate surface area is 96.6 Å². The van der Waals surface area contributed by atoms with Gasteiger partial charge in [-0.05, 0) is 46.5 Å². The molecule has 4 nitrogen and oxygen atoms in total. The highest BCUT2D eigenvalue weighted by molar-refractivity contribution is 5.66. The lowest BCUT2D eigenvalue weighted by Gasteiger charge is -2.42. The molecule has 92 valence electrons. The van der Waals surface area contributed by atoms with Gasteiger partial charge < -0.3 is 14.7 Å². The minimum absolute atomic E-state index is 0.0296. The second-order valence-corrected chi connectivity index (χ2v) is 6.05. The maximum Gasteiger partial charge on any atom is 0.407 e. The van der Waals surface area contributed by atoms with Crippen LogP contribution in [0.1, 0.15) is 46.5 Å². The smallest absolute Gasteiger partial charge is 0.407 e. The van der Waals surface area contributed by atoms with E-state index in [1.54, 1.807) is 4.90 Å². The van der Waals surface area contributed by atoms with Crippen molar-refractivity contribution < 1.29 is 14.6 Å². The van der Waals surface area contributed by atoms with E-state index in [1.165, 1.54) is 0 Å². The van der Waals surface area contributed by atoms with Crippen LogP contribution in [0.15, 0.2) is 0 Å². The van der Waals surface area contributed by atoms with E-state index >= 15 is 0 Å². The first-order valence-corrected chi connectivity index (χ1v) is 6.00. The van der Waals surface area contributed by atoms with Crippen molar-refractivity contribution in [3.8, 4) is 0 Å². The molecule has 2 fully saturated rings. The molecule has 1 N–H and O–H groups in total. The normalized spacial score (nSPS) is 33.8. The van der Waals surface area contributed by atoms with Gasteiger partial charge in [0.25, 0.3) is 0 Å². The van der Waals surface area contributed by atoms with Gasteiger partial charge in [-0.3, -0.25) is 0 Å². The molecule has 0 radical (unpaired) electrons. The summed E-state index contributed by atoms with van der Waals surface area (Å²) in [5, 5.41) is 9.34. The molecule has 1 spiro atoms. The van der Waals surface area contributed by atoms with E-state index in [1.807, 2.05) is 20.8 Å². The highest BCUT2D eigenvalue weighted by Gasteiger charge is 2.50. The summed E-state index contributed by atoms with van der Waals surface area (Å²) in [6, 6.07) is 0.119. The largest absolute Gasteiger partial charge is 0.465 e. The molecule has 1 aliphatic heterocycles. The molecule has 1 heterocycles. The molecule has 1 saturated heterocycles. The van der Waals surface area contributed by atoms with Gasteiger partial charge in [0.15, 0.2) is 0 Å². The van der Waals surface area contributed by atoms with E-state index in [9.17, 15) is 9.90 Å². The number of ether oxygens (including phenoxy) is 1. The fraction of sp³-hybridized carbons (Fsp3) is 0.917. The van der Waals surface area contributed by atoms with E-state index in [4.69, 9.17) is 4.74 Å². The molecule has 1 amide bonds. The van der Waals surface area contributed by atoms with Crippen molar-refractivity contribution in [2.75, 3.05) is 6.61 Å². The number of carbonyl (C=O) groups is 1. The fourth-order valence-corrected chi connectivity index (χ4v) is 2.87. The number of hydrogen-bond acceptors (Lipinski definition) is 2. The Balaban J connectivity index is 2.11. The van der Waals surface area contributed by atoms with Gasteiger partial charge in [0.05, 0.1) is 12.2 Å². The lowest BCUT2D eigenvalue weighted by molar-refractivity contribution is 0.0412. The molecule has 0 aromatic rings. The summed E-state index contributed by atoms with van der Waals surface area (Å²) in [6.07, 6.45) is 3.20. The standard InChI is InChI=1S/C12H21NO3/c1-11(2,3)13(10(14)15)9-5-4-6-12(7-9)8-16-12/h9H,4-8H2,1-3H3,(H,14,15)/t9-,12?/m1/s1. The third-order valence-electron chi connectivity index (χ3n) is 3.62. The number of carboxylic acid groups (broad SMARTS) is 1. The molecule has 2 rings (SSSR count). The lowest BCUT2D eigenvalue weighted by atomic mass is 9.83. The molecule has 2 aliphatic rings. The van der Waals surface area contributed by atoms with Crippen LogP contribution in [0.5, 0.6) is 0 Å². The molecule has 2 atom stereocenters. The van der Waals surface area contributed by atoms with Crippen molar-refractivity contribution >= 4 is 6.09 Å². The summed E-state index contributed by atoms with van der Waals surface area (Å²) in [4.78, 5) is 13.0. The number of nitrogens with zero attached hydrogens (tertiary/aromatic N) is 1. The predicted molar refractivity (Wildman–Crippen MR) is 60.6 cm³/mol. The van der Waals surface area contributed by atoms with Crippen molar-refractivity contribution in [2.24, 2.45) is 0 Å². The zero-order valence-electron chi connectivity index (χ0n) is 10.3. The van der Waals surface area contributed by atoms with Gasteiger partial charge in [0, 0.05) is 11.6 Å². The Hall–Kier alpha value is -0.770. The van der Waals surface area contributed by atoms with Gasteiger partial charge >= 0.3 is 6.09 Å². The zero-order valence-corrected chi connectivity index (χ0v) is 10.3. The van der Waals surface area contributed by atoms with Crippen molar-refractivity contribution in [1.29, 1.82) is 0 Å². The van der Waals surface area contributed by atoms with Crippen LogP contribution in [0, 0.1) is 0 Å². The molecule has 1 saturated carbocycles. The summed E-state index contributed by atoms with van der Waals surface area (Å²) in [6.45, 7) is 6.68. The van der Waals surface area contributed by atoms with Crippen molar-refractivity contribution in [3.05, 3.63) is 0 Å². The van der Waals surface area contributed by atoms with Crippen LogP contribution in [0.2, 0.25) is 0 Å². The molecule has 4 heteroatoms. The van der Waals surface area contributed by atoms with Gasteiger partial charge in [-0.25, -0.2) is 4.79 Å². The third kappa shape index (κ3) is 2.17. The highest BCUT2D eigenvalue weighted by Crippen LogP contribution is 2.44. The summed E-state index contributed by atoms with van der Waals surface area (Å²) in [7, 11) is 0. The van der Waals surface area contributed by atoms with E-state index in [-0.39, 0.29) is 17.2 Å². The lowest BCUT2D eigenvalue weighted by Crippen LogP contribution is -2.53. The highest BCUT2D eigenvalue weighted by atomic mass is 16.6. The van der Waals surface area contributed by atoms with Crippen molar-refractivity contribution in [3.63, 3.8) is 0 Å². The maximum absolute atomic E-state index is 11.4. The molecule has 0 aromatic carbocycles. The van der Waals surface area contributed by atoms with Crippen LogP contribution < -0.4 is 0 Å². The number of amides is 1. The van der Waals surface area contributed by atoms with Crippen LogP contribution >= 0.6 is 0 Å². The Morgan fingerprint density at radius 3 is 2.56 bits per heavy atom. The summed E-state index contributed by atoms with van der Waals surface area (Å²) in [5.74, 6) is 0. The van der Waals surface area contributed by atoms with Crippen LogP contribution in [-0.2, 0) is 4.74 Å². The topological polar surface area (TPSA) is 53.1 Å². The SMILES string of the molecule is CC(C)(C)N(C(=O)O)[C@@H]1CCCC2(CO2)C1. The molecular weight excluding hydrogens is 206 g/mol. The first-order chi connectivity index (χ1) is 7.34. The van der Waals surface area contributed by atoms with Crippen LogP contribution in [-0.4, -0.2) is 39.9 Å². The Bertz CT molecular complexity index is 291. The van der Waals surface area contributed by atoms with Crippen LogP contribution in [0.25, 0.3) is 0 Å². The minimum Gasteiger partial charge on any atom is -0.465 e. The average Bonchev–Trinajstić information content (AvgIpc) is 2.81. The van der Waals surface area contributed by atoms with E-state index < -0.39 is 6.09 Å². The van der Waals surface area contributed by atoms with Crippen molar-refractivity contribution in [1.82, 2.24) is 4.90 Å². The minimum atomic E-state index is -0.810. The van der Waals surface area contributed by atoms with Gasteiger partial charge in [0.2, 0.25) is 0 Å². The number of rotatable bonds is 1. The summed E-state index contributed by atoms with van der Waals surface area (Å²) < 4.78 is 5.49. The van der Waals surface area contributed by atoms with Crippen LogP contribution in [0.4, 0.5) is 4.79 Å². The quantitative estimate of drug-likeness (QED) is 0.700. The third-order valence-corrected chi connectivity index (χ3v) is 3.62. The van der Waals surface area contributed by atoms with Gasteiger partial charge in [-0.2, -0.15) is 0 Å². The molecule has 16 heavy (non-hydrogen) atoms. The number of epoxide rings is 1.